The maximum Gasteiger partial charge on any atom is 0.0204 e. The van der Waals surface area contributed by atoms with E-state index in [1.807, 2.05) is 48.5 Å². The molecule has 2 aromatic carbocycles. The van der Waals surface area contributed by atoms with Gasteiger partial charge in [0, 0.05) is 8.95 Å². The summed E-state index contributed by atoms with van der Waals surface area (Å²) in [5.74, 6) is 0. The van der Waals surface area contributed by atoms with Crippen LogP contribution in [0.2, 0.25) is 0 Å². The van der Waals surface area contributed by atoms with E-state index in [0.29, 0.717) is 0 Å². The van der Waals surface area contributed by atoms with E-state index in [0.717, 1.165) is 4.47 Å². The Bertz CT molecular complexity index is 375. The zero-order valence-electron chi connectivity index (χ0n) is 8.45. The number of hydrogen-bond donors (Lipinski definition) is 0. The van der Waals surface area contributed by atoms with Crippen LogP contribution in [0.5, 0.6) is 0 Å². The molecule has 0 amide bonds. The lowest BCUT2D eigenvalue weighted by Crippen LogP contribution is -1.69. The normalized spacial score (nSPS) is 9.00. The summed E-state index contributed by atoms with van der Waals surface area (Å²) in [7, 11) is 0. The van der Waals surface area contributed by atoms with Crippen molar-refractivity contribution in [1.82, 2.24) is 0 Å². The van der Waals surface area contributed by atoms with Gasteiger partial charge in [-0.25, -0.2) is 0 Å². The summed E-state index contributed by atoms with van der Waals surface area (Å²) >= 11 is 6.71. The van der Waals surface area contributed by atoms with Gasteiger partial charge in [-0.2, -0.15) is 0 Å². The summed E-state index contributed by atoms with van der Waals surface area (Å²) in [6, 6.07) is 18.1. The Hall–Kier alpha value is -0.600. The van der Waals surface area contributed by atoms with E-state index >= 15 is 0 Å². The average molecular weight is 328 g/mol. The van der Waals surface area contributed by atoms with Crippen LogP contribution in [0.3, 0.4) is 0 Å². The first-order valence-corrected chi connectivity index (χ1v) is 6.20. The molecule has 0 saturated heterocycles. The third-order valence-electron chi connectivity index (χ3n) is 1.81. The molecule has 0 aliphatic rings. The topological polar surface area (TPSA) is 0 Å². The van der Waals surface area contributed by atoms with Gasteiger partial charge in [0.05, 0.1) is 0 Å². The van der Waals surface area contributed by atoms with Crippen LogP contribution in [0.25, 0.3) is 0 Å². The van der Waals surface area contributed by atoms with Crippen molar-refractivity contribution in [2.75, 3.05) is 0 Å². The highest BCUT2D eigenvalue weighted by Crippen LogP contribution is 2.13. The Morgan fingerprint density at radius 1 is 0.733 bits per heavy atom. The molecule has 0 fully saturated rings. The van der Waals surface area contributed by atoms with E-state index in [9.17, 15) is 0 Å². The molecule has 0 bridgehead atoms. The number of rotatable bonds is 0. The molecule has 0 saturated carbocycles. The Labute approximate surface area is 108 Å². The van der Waals surface area contributed by atoms with Crippen LogP contribution in [0.1, 0.15) is 5.56 Å². The summed E-state index contributed by atoms with van der Waals surface area (Å²) < 4.78 is 2.31. The maximum absolute atomic E-state index is 3.40. The standard InChI is InChI=1S/C7H7Br.C6H5Br/c1-6-4-2-3-5-7(6)8;7-6-4-2-1-3-5-6/h2-5H,1H3;1-5H. The molecule has 0 radical (unpaired) electrons. The predicted molar refractivity (Wildman–Crippen MR) is 73.0 cm³/mol. The third kappa shape index (κ3) is 5.14. The molecule has 2 rings (SSSR count). The quantitative estimate of drug-likeness (QED) is 0.623. The average Bonchev–Trinajstić information content (AvgIpc) is 2.25. The van der Waals surface area contributed by atoms with E-state index < -0.39 is 0 Å². The van der Waals surface area contributed by atoms with Gasteiger partial charge in [-0.05, 0) is 30.7 Å². The molecule has 0 atom stereocenters. The van der Waals surface area contributed by atoms with Gasteiger partial charge >= 0.3 is 0 Å². The second-order valence-electron chi connectivity index (χ2n) is 3.04. The van der Waals surface area contributed by atoms with E-state index in [4.69, 9.17) is 0 Å². The van der Waals surface area contributed by atoms with Gasteiger partial charge in [-0.3, -0.25) is 0 Å². The minimum Gasteiger partial charge on any atom is -0.0622 e. The maximum atomic E-state index is 3.40. The molecule has 0 nitrogen and oxygen atoms in total. The van der Waals surface area contributed by atoms with Crippen molar-refractivity contribution in [1.29, 1.82) is 0 Å². The number of benzene rings is 2. The second kappa shape index (κ2) is 6.81. The van der Waals surface area contributed by atoms with E-state index in [2.05, 4.69) is 44.8 Å². The monoisotopic (exact) mass is 326 g/mol. The number of hydrogen-bond acceptors (Lipinski definition) is 0. The van der Waals surface area contributed by atoms with E-state index in [1.54, 1.807) is 0 Å². The number of halogens is 2. The molecule has 2 heteroatoms. The van der Waals surface area contributed by atoms with Gasteiger partial charge in [-0.1, -0.05) is 68.3 Å². The first-order valence-electron chi connectivity index (χ1n) is 4.62. The van der Waals surface area contributed by atoms with Crippen molar-refractivity contribution in [3.8, 4) is 0 Å². The second-order valence-corrected chi connectivity index (χ2v) is 4.81. The van der Waals surface area contributed by atoms with Crippen molar-refractivity contribution >= 4 is 31.9 Å². The summed E-state index contributed by atoms with van der Waals surface area (Å²) in [5, 5.41) is 0. The van der Waals surface area contributed by atoms with Gasteiger partial charge in [0.2, 0.25) is 0 Å². The molecule has 2 aromatic rings. The van der Waals surface area contributed by atoms with Crippen LogP contribution < -0.4 is 0 Å². The zero-order valence-corrected chi connectivity index (χ0v) is 11.6. The molecule has 0 aromatic heterocycles. The molecule has 0 N–H and O–H groups in total. The first-order chi connectivity index (χ1) is 7.20. The van der Waals surface area contributed by atoms with Crippen LogP contribution in [0.15, 0.2) is 63.5 Å². The van der Waals surface area contributed by atoms with Crippen molar-refractivity contribution in [3.63, 3.8) is 0 Å². The molecule has 0 heterocycles. The molecule has 15 heavy (non-hydrogen) atoms. The number of aryl methyl sites for hydroxylation is 1. The van der Waals surface area contributed by atoms with Crippen molar-refractivity contribution < 1.29 is 0 Å². The minimum absolute atomic E-state index is 1.13. The molecule has 0 unspecified atom stereocenters. The first kappa shape index (κ1) is 12.5. The minimum atomic E-state index is 1.13. The SMILES string of the molecule is Brc1ccccc1.Cc1ccccc1Br. The molecule has 0 aliphatic heterocycles. The highest BCUT2D eigenvalue weighted by atomic mass is 79.9. The van der Waals surface area contributed by atoms with Crippen molar-refractivity contribution in [3.05, 3.63) is 69.1 Å². The molecule has 78 valence electrons. The largest absolute Gasteiger partial charge is 0.0622 e. The Kier molecular flexibility index (Phi) is 5.66. The van der Waals surface area contributed by atoms with Crippen LogP contribution in [0, 0.1) is 6.92 Å². The summed E-state index contributed by atoms with van der Waals surface area (Å²) in [4.78, 5) is 0. The van der Waals surface area contributed by atoms with Crippen LogP contribution in [-0.4, -0.2) is 0 Å². The van der Waals surface area contributed by atoms with Crippen LogP contribution in [-0.2, 0) is 0 Å². The Balaban J connectivity index is 0.000000151. The van der Waals surface area contributed by atoms with E-state index in [-0.39, 0.29) is 0 Å². The van der Waals surface area contributed by atoms with Gasteiger partial charge in [0.15, 0.2) is 0 Å². The lowest BCUT2D eigenvalue weighted by atomic mass is 10.2. The summed E-state index contributed by atoms with van der Waals surface area (Å²) in [6.07, 6.45) is 0. The summed E-state index contributed by atoms with van der Waals surface area (Å²) in [5.41, 5.74) is 1.28. The van der Waals surface area contributed by atoms with E-state index in [1.165, 1.54) is 10.0 Å². The molecule has 0 spiro atoms. The fourth-order valence-corrected chi connectivity index (χ4v) is 1.56. The molecule has 0 aliphatic carbocycles. The third-order valence-corrected chi connectivity index (χ3v) is 3.23. The molecular weight excluding hydrogens is 316 g/mol. The molecular formula is C13H12Br2. The Morgan fingerprint density at radius 2 is 1.27 bits per heavy atom. The predicted octanol–water partition coefficient (Wildman–Crippen LogP) is 5.21. The highest BCUT2D eigenvalue weighted by Gasteiger charge is 1.86. The smallest absolute Gasteiger partial charge is 0.0204 e. The van der Waals surface area contributed by atoms with Gasteiger partial charge < -0.3 is 0 Å². The van der Waals surface area contributed by atoms with Crippen LogP contribution in [0.4, 0.5) is 0 Å². The van der Waals surface area contributed by atoms with Crippen molar-refractivity contribution in [2.24, 2.45) is 0 Å². The van der Waals surface area contributed by atoms with Gasteiger partial charge in [0.1, 0.15) is 0 Å². The fraction of sp³-hybridized carbons (Fsp3) is 0.0769. The van der Waals surface area contributed by atoms with Crippen molar-refractivity contribution in [2.45, 2.75) is 6.92 Å². The Morgan fingerprint density at radius 3 is 1.60 bits per heavy atom. The zero-order chi connectivity index (χ0) is 11.1. The van der Waals surface area contributed by atoms with Gasteiger partial charge in [-0.15, -0.1) is 0 Å². The fourth-order valence-electron chi connectivity index (χ4n) is 0.966. The van der Waals surface area contributed by atoms with Gasteiger partial charge in [0.25, 0.3) is 0 Å². The lowest BCUT2D eigenvalue weighted by Gasteiger charge is -1.91. The summed E-state index contributed by atoms with van der Waals surface area (Å²) in [6.45, 7) is 2.07. The lowest BCUT2D eigenvalue weighted by molar-refractivity contribution is 1.43. The van der Waals surface area contributed by atoms with Crippen LogP contribution >= 0.6 is 31.9 Å². The highest BCUT2D eigenvalue weighted by molar-refractivity contribution is 9.10.